The molecule has 7 nitrogen and oxygen atoms in total. The van der Waals surface area contributed by atoms with Gasteiger partial charge in [0.25, 0.3) is 0 Å². The summed E-state index contributed by atoms with van der Waals surface area (Å²) in [4.78, 5) is 14.5. The number of amides is 1. The average molecular weight is 388 g/mol. The maximum absolute atomic E-state index is 12.1. The van der Waals surface area contributed by atoms with Gasteiger partial charge in [0.2, 0.25) is 11.7 Å². The van der Waals surface area contributed by atoms with Crippen molar-refractivity contribution < 1.29 is 19.0 Å². The molecule has 1 saturated heterocycles. The minimum atomic E-state index is 0. The fourth-order valence-electron chi connectivity index (χ4n) is 2.98. The zero-order valence-corrected chi connectivity index (χ0v) is 16.6. The van der Waals surface area contributed by atoms with Crippen molar-refractivity contribution in [1.82, 2.24) is 15.5 Å². The Bertz CT molecular complexity index is 566. The molecule has 1 aromatic carbocycles. The van der Waals surface area contributed by atoms with Crippen molar-refractivity contribution in [2.45, 2.75) is 12.8 Å². The monoisotopic (exact) mass is 387 g/mol. The van der Waals surface area contributed by atoms with Crippen molar-refractivity contribution in [3.8, 4) is 17.2 Å². The molecule has 148 valence electrons. The van der Waals surface area contributed by atoms with E-state index < -0.39 is 0 Å². The molecule has 1 amide bonds. The lowest BCUT2D eigenvalue weighted by Crippen LogP contribution is -2.46. The number of hydrogen-bond acceptors (Lipinski definition) is 6. The number of nitrogens with one attached hydrogen (secondary N) is 2. The second-order valence-electron chi connectivity index (χ2n) is 5.94. The standard InChI is InChI=1S/C18H29N3O4.ClH/c1-23-15-6-4-14(17(24-2)18(15)25-3)5-7-16(22)20-10-13-21-11-8-19-9-12-21;/h4,6,19H,5,7-13H2,1-3H3,(H,20,22);1H. The van der Waals surface area contributed by atoms with Crippen LogP contribution in [-0.4, -0.2) is 71.4 Å². The lowest BCUT2D eigenvalue weighted by molar-refractivity contribution is -0.121. The number of aryl methyl sites for hydroxylation is 1. The number of hydrogen-bond donors (Lipinski definition) is 2. The van der Waals surface area contributed by atoms with E-state index in [-0.39, 0.29) is 18.3 Å². The zero-order valence-electron chi connectivity index (χ0n) is 15.8. The highest BCUT2D eigenvalue weighted by molar-refractivity contribution is 5.85. The van der Waals surface area contributed by atoms with Crippen LogP contribution in [0.25, 0.3) is 0 Å². The summed E-state index contributed by atoms with van der Waals surface area (Å²) in [6.07, 6.45) is 0.996. The van der Waals surface area contributed by atoms with Gasteiger partial charge in [0.1, 0.15) is 0 Å². The van der Waals surface area contributed by atoms with E-state index >= 15 is 0 Å². The van der Waals surface area contributed by atoms with Gasteiger partial charge in [-0.25, -0.2) is 0 Å². The van der Waals surface area contributed by atoms with E-state index in [9.17, 15) is 4.79 Å². The minimum absolute atomic E-state index is 0. The molecular formula is C18H30ClN3O4. The van der Waals surface area contributed by atoms with Gasteiger partial charge in [-0.3, -0.25) is 9.69 Å². The normalized spacial score (nSPS) is 14.3. The fourth-order valence-corrected chi connectivity index (χ4v) is 2.98. The van der Waals surface area contributed by atoms with Crippen molar-refractivity contribution >= 4 is 18.3 Å². The first-order valence-corrected chi connectivity index (χ1v) is 8.67. The largest absolute Gasteiger partial charge is 0.493 e. The lowest BCUT2D eigenvalue weighted by atomic mass is 10.1. The Balaban J connectivity index is 0.00000338. The van der Waals surface area contributed by atoms with Gasteiger partial charge in [-0.15, -0.1) is 12.4 Å². The Morgan fingerprint density at radius 3 is 2.42 bits per heavy atom. The molecule has 1 aromatic rings. The summed E-state index contributed by atoms with van der Waals surface area (Å²) in [7, 11) is 4.75. The van der Waals surface area contributed by atoms with Crippen molar-refractivity contribution in [2.24, 2.45) is 0 Å². The third kappa shape index (κ3) is 6.23. The summed E-state index contributed by atoms with van der Waals surface area (Å²) in [6.45, 7) is 5.70. The fraction of sp³-hybridized carbons (Fsp3) is 0.611. The molecule has 0 radical (unpaired) electrons. The van der Waals surface area contributed by atoms with E-state index in [4.69, 9.17) is 14.2 Å². The molecule has 0 spiro atoms. The van der Waals surface area contributed by atoms with Gasteiger partial charge in [0, 0.05) is 45.7 Å². The molecule has 1 fully saturated rings. The number of carbonyl (C=O) groups is 1. The van der Waals surface area contributed by atoms with Gasteiger partial charge in [-0.05, 0) is 18.1 Å². The molecule has 2 N–H and O–H groups in total. The van der Waals surface area contributed by atoms with Gasteiger partial charge >= 0.3 is 0 Å². The van der Waals surface area contributed by atoms with Gasteiger partial charge in [-0.2, -0.15) is 0 Å². The van der Waals surface area contributed by atoms with E-state index in [1.54, 1.807) is 21.3 Å². The van der Waals surface area contributed by atoms with Crippen LogP contribution in [-0.2, 0) is 11.2 Å². The third-order valence-corrected chi connectivity index (χ3v) is 4.37. The van der Waals surface area contributed by atoms with Gasteiger partial charge in [0.15, 0.2) is 11.5 Å². The summed E-state index contributed by atoms with van der Waals surface area (Å²) in [5.41, 5.74) is 0.928. The highest BCUT2D eigenvalue weighted by Gasteiger charge is 2.16. The van der Waals surface area contributed by atoms with Crippen LogP contribution in [0.3, 0.4) is 0 Å². The summed E-state index contributed by atoms with van der Waals surface area (Å²) in [5, 5.41) is 6.31. The minimum Gasteiger partial charge on any atom is -0.493 e. The second-order valence-corrected chi connectivity index (χ2v) is 5.94. The number of nitrogens with zero attached hydrogens (tertiary/aromatic N) is 1. The molecule has 0 unspecified atom stereocenters. The Kier molecular flexibility index (Phi) is 10.2. The highest BCUT2D eigenvalue weighted by Crippen LogP contribution is 2.40. The molecule has 2 rings (SSSR count). The quantitative estimate of drug-likeness (QED) is 0.661. The average Bonchev–Trinajstić information content (AvgIpc) is 2.66. The van der Waals surface area contributed by atoms with E-state index in [0.29, 0.717) is 36.6 Å². The summed E-state index contributed by atoms with van der Waals surface area (Å²) in [5.74, 6) is 1.84. The third-order valence-electron chi connectivity index (χ3n) is 4.37. The molecule has 1 aliphatic rings. The summed E-state index contributed by atoms with van der Waals surface area (Å²) in [6, 6.07) is 3.74. The lowest BCUT2D eigenvalue weighted by Gasteiger charge is -2.27. The maximum atomic E-state index is 12.1. The number of rotatable bonds is 9. The molecular weight excluding hydrogens is 358 g/mol. The molecule has 0 bridgehead atoms. The van der Waals surface area contributed by atoms with Crippen LogP contribution in [0.1, 0.15) is 12.0 Å². The maximum Gasteiger partial charge on any atom is 0.220 e. The number of benzene rings is 1. The molecule has 0 saturated carbocycles. The van der Waals surface area contributed by atoms with Gasteiger partial charge < -0.3 is 24.8 Å². The van der Waals surface area contributed by atoms with Crippen LogP contribution < -0.4 is 24.8 Å². The highest BCUT2D eigenvalue weighted by atomic mass is 35.5. The first kappa shape index (κ1) is 22.3. The van der Waals surface area contributed by atoms with E-state index in [2.05, 4.69) is 15.5 Å². The SMILES string of the molecule is COc1ccc(CCC(=O)NCCN2CCNCC2)c(OC)c1OC.Cl. The van der Waals surface area contributed by atoms with Crippen LogP contribution in [0.5, 0.6) is 17.2 Å². The van der Waals surface area contributed by atoms with Crippen LogP contribution in [0.15, 0.2) is 12.1 Å². The number of ether oxygens (including phenoxy) is 3. The summed E-state index contributed by atoms with van der Waals surface area (Å²) < 4.78 is 16.1. The predicted molar refractivity (Wildman–Crippen MR) is 104 cm³/mol. The first-order chi connectivity index (χ1) is 12.2. The van der Waals surface area contributed by atoms with Crippen LogP contribution in [0, 0.1) is 0 Å². The molecule has 26 heavy (non-hydrogen) atoms. The van der Waals surface area contributed by atoms with Crippen molar-refractivity contribution in [2.75, 3.05) is 60.6 Å². The second kappa shape index (κ2) is 11.8. The Morgan fingerprint density at radius 1 is 1.12 bits per heavy atom. The molecule has 1 aliphatic heterocycles. The molecule has 0 aliphatic carbocycles. The zero-order chi connectivity index (χ0) is 18.1. The van der Waals surface area contributed by atoms with Crippen LogP contribution in [0.4, 0.5) is 0 Å². The molecule has 0 atom stereocenters. The number of carbonyl (C=O) groups excluding carboxylic acids is 1. The Hall–Kier alpha value is -1.70. The summed E-state index contributed by atoms with van der Waals surface area (Å²) >= 11 is 0. The molecule has 8 heteroatoms. The molecule has 0 aromatic heterocycles. The van der Waals surface area contributed by atoms with Crippen molar-refractivity contribution in [3.63, 3.8) is 0 Å². The number of methoxy groups -OCH3 is 3. The van der Waals surface area contributed by atoms with E-state index in [0.717, 1.165) is 38.3 Å². The number of piperazine rings is 1. The topological polar surface area (TPSA) is 72.1 Å². The van der Waals surface area contributed by atoms with Gasteiger partial charge in [-0.1, -0.05) is 6.07 Å². The van der Waals surface area contributed by atoms with Crippen LogP contribution >= 0.6 is 12.4 Å². The predicted octanol–water partition coefficient (Wildman–Crippen LogP) is 1.09. The van der Waals surface area contributed by atoms with Crippen molar-refractivity contribution in [3.05, 3.63) is 17.7 Å². The van der Waals surface area contributed by atoms with Crippen molar-refractivity contribution in [1.29, 1.82) is 0 Å². The van der Waals surface area contributed by atoms with Crippen LogP contribution in [0.2, 0.25) is 0 Å². The Morgan fingerprint density at radius 2 is 1.81 bits per heavy atom. The number of halogens is 1. The molecule has 1 heterocycles. The van der Waals surface area contributed by atoms with E-state index in [1.165, 1.54) is 0 Å². The van der Waals surface area contributed by atoms with Gasteiger partial charge in [0.05, 0.1) is 21.3 Å². The Labute approximate surface area is 161 Å². The first-order valence-electron chi connectivity index (χ1n) is 8.67. The smallest absolute Gasteiger partial charge is 0.220 e. The van der Waals surface area contributed by atoms with E-state index in [1.807, 2.05) is 12.1 Å².